The van der Waals surface area contributed by atoms with Crippen LogP contribution in [0.4, 0.5) is 0 Å². The Morgan fingerprint density at radius 2 is 2.41 bits per heavy atom. The van der Waals surface area contributed by atoms with E-state index in [-0.39, 0.29) is 12.5 Å². The van der Waals surface area contributed by atoms with Crippen molar-refractivity contribution in [2.24, 2.45) is 0 Å². The Morgan fingerprint density at radius 1 is 1.59 bits per heavy atom. The van der Waals surface area contributed by atoms with Crippen LogP contribution in [-0.2, 0) is 11.3 Å². The van der Waals surface area contributed by atoms with E-state index < -0.39 is 5.97 Å². The lowest BCUT2D eigenvalue weighted by atomic mass is 10.2. The molecule has 1 fully saturated rings. The van der Waals surface area contributed by atoms with E-state index in [9.17, 15) is 4.79 Å². The minimum atomic E-state index is -0.699. The predicted molar refractivity (Wildman–Crippen MR) is 75.8 cm³/mol. The Balaban J connectivity index is 1.98. The molecule has 1 aliphatic heterocycles. The lowest BCUT2D eigenvalue weighted by Gasteiger charge is -2.34. The first-order valence-corrected chi connectivity index (χ1v) is 8.19. The molecule has 6 heteroatoms. The minimum absolute atomic E-state index is 0.173. The number of carboxylic acid groups (broad SMARTS) is 1. The Bertz CT molecular complexity index is 397. The van der Waals surface area contributed by atoms with Gasteiger partial charge in [0.1, 0.15) is 0 Å². The molecular formula is C11H14BrNO2S2. The quantitative estimate of drug-likeness (QED) is 0.918. The van der Waals surface area contributed by atoms with Crippen LogP contribution in [0.5, 0.6) is 0 Å². The number of rotatable bonds is 4. The van der Waals surface area contributed by atoms with Gasteiger partial charge in [-0.2, -0.15) is 11.8 Å². The molecule has 17 heavy (non-hydrogen) atoms. The molecule has 1 unspecified atom stereocenters. The number of carbonyl (C=O) groups is 1. The van der Waals surface area contributed by atoms with Gasteiger partial charge in [0.15, 0.2) is 0 Å². The number of nitrogens with zero attached hydrogens (tertiary/aromatic N) is 1. The van der Waals surface area contributed by atoms with Crippen molar-refractivity contribution < 1.29 is 9.90 Å². The molecule has 0 amide bonds. The molecule has 0 saturated carbocycles. The molecule has 0 aliphatic carbocycles. The van der Waals surface area contributed by atoms with E-state index in [2.05, 4.69) is 26.9 Å². The second-order valence-electron chi connectivity index (χ2n) is 4.00. The number of hydrogen-bond acceptors (Lipinski definition) is 4. The van der Waals surface area contributed by atoms with E-state index in [0.717, 1.165) is 28.4 Å². The highest BCUT2D eigenvalue weighted by Crippen LogP contribution is 2.26. The van der Waals surface area contributed by atoms with E-state index in [1.54, 1.807) is 11.3 Å². The van der Waals surface area contributed by atoms with Crippen LogP contribution in [0.15, 0.2) is 15.9 Å². The number of halogens is 1. The maximum atomic E-state index is 10.8. The highest BCUT2D eigenvalue weighted by atomic mass is 79.9. The van der Waals surface area contributed by atoms with Gasteiger partial charge in [-0.15, -0.1) is 11.3 Å². The normalized spacial score (nSPS) is 21.6. The van der Waals surface area contributed by atoms with Crippen molar-refractivity contribution in [2.75, 3.05) is 18.1 Å². The van der Waals surface area contributed by atoms with Crippen molar-refractivity contribution in [1.82, 2.24) is 4.90 Å². The molecule has 94 valence electrons. The average Bonchev–Trinajstić information content (AvgIpc) is 2.66. The maximum absolute atomic E-state index is 10.8. The molecule has 1 atom stereocenters. The van der Waals surface area contributed by atoms with Crippen LogP contribution in [0.25, 0.3) is 0 Å². The van der Waals surface area contributed by atoms with Crippen molar-refractivity contribution in [3.8, 4) is 0 Å². The topological polar surface area (TPSA) is 40.5 Å². The number of thiophene rings is 1. The van der Waals surface area contributed by atoms with E-state index >= 15 is 0 Å². The van der Waals surface area contributed by atoms with Gasteiger partial charge >= 0.3 is 5.97 Å². The number of thioether (sulfide) groups is 1. The predicted octanol–water partition coefficient (Wildman–Crippen LogP) is 2.90. The molecule has 1 aromatic heterocycles. The van der Waals surface area contributed by atoms with Crippen LogP contribution in [0, 0.1) is 0 Å². The summed E-state index contributed by atoms with van der Waals surface area (Å²) in [5.41, 5.74) is 0. The summed E-state index contributed by atoms with van der Waals surface area (Å²) >= 11 is 7.03. The Kier molecular flexibility index (Phi) is 4.90. The van der Waals surface area contributed by atoms with Crippen LogP contribution in [0.2, 0.25) is 0 Å². The average molecular weight is 336 g/mol. The first kappa shape index (κ1) is 13.4. The Morgan fingerprint density at radius 3 is 3.06 bits per heavy atom. The van der Waals surface area contributed by atoms with Crippen molar-refractivity contribution in [1.29, 1.82) is 0 Å². The van der Waals surface area contributed by atoms with Crippen molar-refractivity contribution >= 4 is 45.0 Å². The smallest absolute Gasteiger partial charge is 0.304 e. The number of carboxylic acids is 1. The van der Waals surface area contributed by atoms with Gasteiger partial charge in [-0.25, -0.2) is 0 Å². The largest absolute Gasteiger partial charge is 0.481 e. The third-order valence-electron chi connectivity index (χ3n) is 2.75. The first-order chi connectivity index (χ1) is 8.15. The molecule has 1 saturated heterocycles. The lowest BCUT2D eigenvalue weighted by molar-refractivity contribution is -0.138. The summed E-state index contributed by atoms with van der Waals surface area (Å²) in [6.07, 6.45) is 0.250. The van der Waals surface area contributed by atoms with Gasteiger partial charge in [0.2, 0.25) is 0 Å². The van der Waals surface area contributed by atoms with Gasteiger partial charge < -0.3 is 5.11 Å². The van der Waals surface area contributed by atoms with Crippen LogP contribution in [0.3, 0.4) is 0 Å². The summed E-state index contributed by atoms with van der Waals surface area (Å²) in [5.74, 6) is 1.33. The van der Waals surface area contributed by atoms with Crippen LogP contribution >= 0.6 is 39.0 Å². The van der Waals surface area contributed by atoms with E-state index in [0.29, 0.717) is 0 Å². The van der Waals surface area contributed by atoms with Gasteiger partial charge in [0, 0.05) is 35.5 Å². The van der Waals surface area contributed by atoms with Gasteiger partial charge in [-0.05, 0) is 28.1 Å². The van der Waals surface area contributed by atoms with E-state index in [4.69, 9.17) is 5.11 Å². The van der Waals surface area contributed by atoms with Crippen molar-refractivity contribution in [3.05, 3.63) is 20.8 Å². The van der Waals surface area contributed by atoms with E-state index in [1.165, 1.54) is 4.88 Å². The highest BCUT2D eigenvalue weighted by molar-refractivity contribution is 9.11. The van der Waals surface area contributed by atoms with Gasteiger partial charge in [0.05, 0.1) is 10.2 Å². The SMILES string of the molecule is O=C(O)CC1CSCCN1Cc1ccc(Br)s1. The molecule has 1 aromatic rings. The van der Waals surface area contributed by atoms with Crippen LogP contribution in [-0.4, -0.2) is 40.1 Å². The van der Waals surface area contributed by atoms with Crippen LogP contribution in [0.1, 0.15) is 11.3 Å². The molecule has 0 bridgehead atoms. The van der Waals surface area contributed by atoms with Gasteiger partial charge in [-0.1, -0.05) is 0 Å². The maximum Gasteiger partial charge on any atom is 0.304 e. The summed E-state index contributed by atoms with van der Waals surface area (Å²) in [6, 6.07) is 4.33. The number of aliphatic carboxylic acids is 1. The van der Waals surface area contributed by atoms with Gasteiger partial charge in [0.25, 0.3) is 0 Å². The number of hydrogen-bond donors (Lipinski definition) is 1. The second kappa shape index (κ2) is 6.22. The molecule has 0 spiro atoms. The summed E-state index contributed by atoms with van der Waals surface area (Å²) in [4.78, 5) is 14.4. The highest BCUT2D eigenvalue weighted by Gasteiger charge is 2.25. The van der Waals surface area contributed by atoms with Gasteiger partial charge in [-0.3, -0.25) is 9.69 Å². The third kappa shape index (κ3) is 3.98. The van der Waals surface area contributed by atoms with E-state index in [1.807, 2.05) is 17.8 Å². The minimum Gasteiger partial charge on any atom is -0.481 e. The second-order valence-corrected chi connectivity index (χ2v) is 7.70. The molecule has 2 rings (SSSR count). The van der Waals surface area contributed by atoms with Crippen molar-refractivity contribution in [2.45, 2.75) is 19.0 Å². The molecule has 1 aliphatic rings. The summed E-state index contributed by atoms with van der Waals surface area (Å²) < 4.78 is 1.13. The molecular weight excluding hydrogens is 322 g/mol. The fourth-order valence-electron chi connectivity index (χ4n) is 1.92. The molecule has 0 aromatic carbocycles. The zero-order chi connectivity index (χ0) is 12.3. The molecule has 1 N–H and O–H groups in total. The van der Waals surface area contributed by atoms with Crippen LogP contribution < -0.4 is 0 Å². The summed E-state index contributed by atoms with van der Waals surface area (Å²) in [6.45, 7) is 1.85. The standard InChI is InChI=1S/C11H14BrNO2S2/c12-10-2-1-9(17-10)6-13-3-4-16-7-8(13)5-11(14)15/h1-2,8H,3-7H2,(H,14,15). The monoisotopic (exact) mass is 335 g/mol. The Labute approximate surface area is 117 Å². The molecule has 3 nitrogen and oxygen atoms in total. The molecule has 2 heterocycles. The summed E-state index contributed by atoms with van der Waals surface area (Å²) in [7, 11) is 0. The summed E-state index contributed by atoms with van der Waals surface area (Å²) in [5, 5.41) is 8.91. The zero-order valence-electron chi connectivity index (χ0n) is 9.26. The zero-order valence-corrected chi connectivity index (χ0v) is 12.5. The lowest BCUT2D eigenvalue weighted by Crippen LogP contribution is -2.42. The first-order valence-electron chi connectivity index (χ1n) is 5.43. The Hall–Kier alpha value is -0.0400. The van der Waals surface area contributed by atoms with Crippen molar-refractivity contribution in [3.63, 3.8) is 0 Å². The third-order valence-corrected chi connectivity index (χ3v) is 5.45. The fraction of sp³-hybridized carbons (Fsp3) is 0.545. The fourth-order valence-corrected chi connectivity index (χ4v) is 4.56. The molecule has 0 radical (unpaired) electrons.